The molecular formula is C24H26FN3O5S. The highest BCUT2D eigenvalue weighted by molar-refractivity contribution is 7.89. The second-order valence-electron chi connectivity index (χ2n) is 8.20. The van der Waals surface area contributed by atoms with Crippen molar-refractivity contribution < 1.29 is 27.1 Å². The fourth-order valence-corrected chi connectivity index (χ4v) is 5.16. The van der Waals surface area contributed by atoms with Crippen LogP contribution in [0.15, 0.2) is 59.5 Å². The first-order chi connectivity index (χ1) is 16.2. The van der Waals surface area contributed by atoms with Crippen molar-refractivity contribution in [3.63, 3.8) is 0 Å². The highest BCUT2D eigenvalue weighted by atomic mass is 32.2. The summed E-state index contributed by atoms with van der Waals surface area (Å²) in [5.41, 5.74) is -0.354. The highest BCUT2D eigenvalue weighted by Crippen LogP contribution is 2.27. The molecule has 0 saturated heterocycles. The summed E-state index contributed by atoms with van der Waals surface area (Å²) < 4.78 is 46.9. The maximum atomic E-state index is 14.1. The molecule has 2 aromatic carbocycles. The smallest absolute Gasteiger partial charge is 0.325 e. The minimum atomic E-state index is -4.40. The van der Waals surface area contributed by atoms with Crippen LogP contribution in [0.3, 0.4) is 0 Å². The maximum absolute atomic E-state index is 14.1. The lowest BCUT2D eigenvalue weighted by Crippen LogP contribution is -2.50. The quantitative estimate of drug-likeness (QED) is 0.524. The number of esters is 1. The van der Waals surface area contributed by atoms with E-state index in [1.807, 2.05) is 0 Å². The molecule has 0 aliphatic heterocycles. The molecule has 10 heteroatoms. The topological polar surface area (TPSA) is 125 Å². The molecular weight excluding hydrogens is 461 g/mol. The number of rotatable bonds is 9. The van der Waals surface area contributed by atoms with Gasteiger partial charge in [-0.05, 0) is 37.0 Å². The van der Waals surface area contributed by atoms with Crippen molar-refractivity contribution in [2.75, 3.05) is 6.61 Å². The molecule has 2 N–H and O–H groups in total. The summed E-state index contributed by atoms with van der Waals surface area (Å²) >= 11 is 0. The van der Waals surface area contributed by atoms with Crippen LogP contribution in [0.2, 0.25) is 0 Å². The molecule has 34 heavy (non-hydrogen) atoms. The lowest BCUT2D eigenvalue weighted by molar-refractivity contribution is -0.150. The van der Waals surface area contributed by atoms with Gasteiger partial charge in [0.2, 0.25) is 10.0 Å². The number of ether oxygens (including phenoxy) is 1. The Hall–Kier alpha value is -3.29. The van der Waals surface area contributed by atoms with Crippen molar-refractivity contribution in [2.45, 2.75) is 55.0 Å². The van der Waals surface area contributed by atoms with Crippen LogP contribution in [0.5, 0.6) is 0 Å². The predicted octanol–water partition coefficient (Wildman–Crippen LogP) is 2.60. The first-order valence-corrected chi connectivity index (χ1v) is 12.4. The van der Waals surface area contributed by atoms with E-state index in [0.717, 1.165) is 31.4 Å². The van der Waals surface area contributed by atoms with Crippen molar-refractivity contribution in [2.24, 2.45) is 0 Å². The molecule has 180 valence electrons. The van der Waals surface area contributed by atoms with Crippen LogP contribution >= 0.6 is 0 Å². The summed E-state index contributed by atoms with van der Waals surface area (Å²) in [7, 11) is -4.40. The van der Waals surface area contributed by atoms with Crippen molar-refractivity contribution in [1.29, 1.82) is 5.26 Å². The van der Waals surface area contributed by atoms with Gasteiger partial charge >= 0.3 is 5.97 Å². The second kappa shape index (κ2) is 11.2. The fourth-order valence-electron chi connectivity index (χ4n) is 3.90. The van der Waals surface area contributed by atoms with Gasteiger partial charge in [-0.3, -0.25) is 9.59 Å². The van der Waals surface area contributed by atoms with E-state index in [1.54, 1.807) is 30.3 Å². The van der Waals surface area contributed by atoms with E-state index in [9.17, 15) is 27.7 Å². The molecule has 0 unspecified atom stereocenters. The summed E-state index contributed by atoms with van der Waals surface area (Å²) in [6.45, 7) is -0.672. The van der Waals surface area contributed by atoms with Crippen LogP contribution in [-0.4, -0.2) is 38.5 Å². The molecule has 1 saturated carbocycles. The standard InChI is InChI=1S/C24H26FN3O5S/c25-19-11-5-6-12-21(19)34(31,32)28-20(15-18-9-3-1-4-10-18)23(30)33-16-22(29)27-24(17-26)13-7-2-8-14-24/h1,3-6,9-12,20,28H,2,7-8,13-16H2,(H,27,29)/t20-/m1/s1. The molecule has 0 radical (unpaired) electrons. The van der Waals surface area contributed by atoms with Gasteiger partial charge in [0, 0.05) is 0 Å². The molecule has 0 aromatic heterocycles. The SMILES string of the molecule is N#CC1(NC(=O)COC(=O)[C@@H](Cc2ccccc2)NS(=O)(=O)c2ccccc2F)CCCCC1. The Morgan fingerprint density at radius 1 is 1.06 bits per heavy atom. The van der Waals surface area contributed by atoms with Crippen LogP contribution < -0.4 is 10.0 Å². The number of amides is 1. The van der Waals surface area contributed by atoms with Gasteiger partial charge in [-0.25, -0.2) is 12.8 Å². The first kappa shape index (κ1) is 25.3. The van der Waals surface area contributed by atoms with Crippen LogP contribution in [0, 0.1) is 17.1 Å². The Morgan fingerprint density at radius 3 is 2.35 bits per heavy atom. The third-order valence-electron chi connectivity index (χ3n) is 5.64. The van der Waals surface area contributed by atoms with Gasteiger partial charge in [-0.15, -0.1) is 0 Å². The zero-order chi connectivity index (χ0) is 24.6. The van der Waals surface area contributed by atoms with E-state index in [-0.39, 0.29) is 6.42 Å². The van der Waals surface area contributed by atoms with Crippen LogP contribution in [0.1, 0.15) is 37.7 Å². The number of sulfonamides is 1. The van der Waals surface area contributed by atoms with Crippen molar-refractivity contribution in [1.82, 2.24) is 10.0 Å². The van der Waals surface area contributed by atoms with Crippen molar-refractivity contribution in [3.8, 4) is 6.07 Å². The van der Waals surface area contributed by atoms with Gasteiger partial charge in [0.05, 0.1) is 6.07 Å². The molecule has 1 aliphatic carbocycles. The molecule has 0 bridgehead atoms. The number of hydrogen-bond acceptors (Lipinski definition) is 6. The number of halogens is 1. The third-order valence-corrected chi connectivity index (χ3v) is 7.14. The highest BCUT2D eigenvalue weighted by Gasteiger charge is 2.34. The Labute approximate surface area is 198 Å². The summed E-state index contributed by atoms with van der Waals surface area (Å²) in [6, 6.07) is 14.2. The molecule has 2 aromatic rings. The largest absolute Gasteiger partial charge is 0.454 e. The number of benzene rings is 2. The summed E-state index contributed by atoms with van der Waals surface area (Å²) in [4.78, 5) is 24.6. The Morgan fingerprint density at radius 2 is 1.71 bits per heavy atom. The minimum Gasteiger partial charge on any atom is -0.454 e. The Kier molecular flexibility index (Phi) is 8.36. The molecule has 0 heterocycles. The summed E-state index contributed by atoms with van der Waals surface area (Å²) in [5, 5.41) is 12.1. The zero-order valence-electron chi connectivity index (χ0n) is 18.5. The third kappa shape index (κ3) is 6.62. The predicted molar refractivity (Wildman–Crippen MR) is 121 cm³/mol. The molecule has 1 atom stereocenters. The van der Waals surface area contributed by atoms with E-state index >= 15 is 0 Å². The lowest BCUT2D eigenvalue weighted by Gasteiger charge is -2.31. The van der Waals surface area contributed by atoms with E-state index < -0.39 is 50.8 Å². The normalized spacial score (nSPS) is 16.1. The van der Waals surface area contributed by atoms with Crippen LogP contribution in [-0.2, 0) is 30.8 Å². The van der Waals surface area contributed by atoms with Gasteiger partial charge in [0.25, 0.3) is 5.91 Å². The fraction of sp³-hybridized carbons (Fsp3) is 0.375. The Balaban J connectivity index is 1.71. The van der Waals surface area contributed by atoms with E-state index in [0.29, 0.717) is 18.4 Å². The van der Waals surface area contributed by atoms with E-state index in [2.05, 4.69) is 16.1 Å². The average Bonchev–Trinajstić information content (AvgIpc) is 2.83. The number of nitriles is 1. The molecule has 1 aliphatic rings. The zero-order valence-corrected chi connectivity index (χ0v) is 19.3. The maximum Gasteiger partial charge on any atom is 0.325 e. The van der Waals surface area contributed by atoms with E-state index in [1.165, 1.54) is 12.1 Å². The van der Waals surface area contributed by atoms with Crippen LogP contribution in [0.25, 0.3) is 0 Å². The average molecular weight is 488 g/mol. The number of nitrogens with zero attached hydrogens (tertiary/aromatic N) is 1. The monoisotopic (exact) mass is 487 g/mol. The van der Waals surface area contributed by atoms with Gasteiger partial charge in [0.1, 0.15) is 22.3 Å². The van der Waals surface area contributed by atoms with Crippen molar-refractivity contribution in [3.05, 3.63) is 66.0 Å². The Bertz CT molecular complexity index is 1160. The molecule has 8 nitrogen and oxygen atoms in total. The van der Waals surface area contributed by atoms with Gasteiger partial charge in [-0.1, -0.05) is 61.7 Å². The number of carbonyl (C=O) groups excluding carboxylic acids is 2. The van der Waals surface area contributed by atoms with Crippen LogP contribution in [0.4, 0.5) is 4.39 Å². The summed E-state index contributed by atoms with van der Waals surface area (Å²) in [5.74, 6) is -2.60. The van der Waals surface area contributed by atoms with Crippen molar-refractivity contribution >= 4 is 21.9 Å². The lowest BCUT2D eigenvalue weighted by atomic mass is 9.83. The van der Waals surface area contributed by atoms with Gasteiger partial charge < -0.3 is 10.1 Å². The number of hydrogen-bond donors (Lipinski definition) is 2. The molecule has 3 rings (SSSR count). The van der Waals surface area contributed by atoms with E-state index in [4.69, 9.17) is 4.74 Å². The van der Waals surface area contributed by atoms with Gasteiger partial charge in [-0.2, -0.15) is 9.98 Å². The minimum absolute atomic E-state index is 0.0723. The molecule has 1 amide bonds. The molecule has 1 fully saturated rings. The number of carbonyl (C=O) groups is 2. The van der Waals surface area contributed by atoms with Gasteiger partial charge in [0.15, 0.2) is 6.61 Å². The molecule has 0 spiro atoms. The second-order valence-corrected chi connectivity index (χ2v) is 9.89. The summed E-state index contributed by atoms with van der Waals surface area (Å²) in [6.07, 6.45) is 3.56. The number of nitrogens with one attached hydrogen (secondary N) is 2. The first-order valence-electron chi connectivity index (χ1n) is 10.9.